The number of rotatable bonds is 1. The number of imide groups is 1. The van der Waals surface area contributed by atoms with Crippen LogP contribution < -0.4 is 9.80 Å². The lowest BCUT2D eigenvalue weighted by Crippen LogP contribution is -2.47. The number of carbonyl (C=O) groups is 4. The minimum atomic E-state index is -1.74. The summed E-state index contributed by atoms with van der Waals surface area (Å²) < 4.78 is 25.0. The number of anilines is 2. The molecule has 3 amide bonds. The van der Waals surface area contributed by atoms with Crippen molar-refractivity contribution in [2.24, 2.45) is 0 Å². The molecule has 0 bridgehead atoms. The highest BCUT2D eigenvalue weighted by atomic mass is 19.1. The molecule has 0 saturated carbocycles. The van der Waals surface area contributed by atoms with E-state index < -0.39 is 40.7 Å². The highest BCUT2D eigenvalue weighted by molar-refractivity contribution is 6.26. The van der Waals surface area contributed by atoms with Crippen molar-refractivity contribution in [3.05, 3.63) is 71.2 Å². The molecule has 0 aliphatic carbocycles. The number of ether oxygens (including phenoxy) is 2. The molecule has 182 valence electrons. The van der Waals surface area contributed by atoms with Crippen LogP contribution in [0.3, 0.4) is 0 Å². The standard InChI is InChI=1S/C26H25FN2O6/c1-15(30)29-21-9-7-6-8-18(21)26(23(29)32)13-16-12-17(27)10-11-20(16)28(14-19(26)22(31)34-5)24(33)35-25(2,3)4/h6-12,14H,13H2,1-5H3. The van der Waals surface area contributed by atoms with Gasteiger partial charge in [-0.15, -0.1) is 0 Å². The van der Waals surface area contributed by atoms with Crippen LogP contribution in [0.5, 0.6) is 0 Å². The lowest BCUT2D eigenvalue weighted by atomic mass is 9.71. The number of hydrogen-bond acceptors (Lipinski definition) is 6. The van der Waals surface area contributed by atoms with Gasteiger partial charge in [-0.2, -0.15) is 0 Å². The summed E-state index contributed by atoms with van der Waals surface area (Å²) in [4.78, 5) is 55.0. The Balaban J connectivity index is 2.07. The number of benzene rings is 2. The van der Waals surface area contributed by atoms with Crippen LogP contribution in [0, 0.1) is 5.82 Å². The van der Waals surface area contributed by atoms with E-state index in [9.17, 15) is 23.6 Å². The van der Waals surface area contributed by atoms with Crippen molar-refractivity contribution in [3.63, 3.8) is 0 Å². The third kappa shape index (κ3) is 3.86. The molecule has 0 saturated heterocycles. The minimum absolute atomic E-state index is 0.177. The third-order valence-corrected chi connectivity index (χ3v) is 5.96. The Bertz CT molecular complexity index is 1290. The van der Waals surface area contributed by atoms with Gasteiger partial charge in [-0.3, -0.25) is 14.5 Å². The van der Waals surface area contributed by atoms with Gasteiger partial charge in [0.1, 0.15) is 16.8 Å². The number of para-hydroxylation sites is 1. The number of hydrogen-bond donors (Lipinski definition) is 0. The van der Waals surface area contributed by atoms with Gasteiger partial charge in [-0.1, -0.05) is 18.2 Å². The second-order valence-corrected chi connectivity index (χ2v) is 9.42. The molecule has 0 N–H and O–H groups in total. The van der Waals surface area contributed by atoms with Crippen LogP contribution in [-0.4, -0.2) is 36.6 Å². The average molecular weight is 480 g/mol. The fraction of sp³-hybridized carbons (Fsp3) is 0.308. The molecule has 2 heterocycles. The molecule has 1 unspecified atom stereocenters. The first-order valence-electron chi connectivity index (χ1n) is 11.0. The van der Waals surface area contributed by atoms with Crippen LogP contribution in [0.2, 0.25) is 0 Å². The molecular formula is C26H25FN2O6. The third-order valence-electron chi connectivity index (χ3n) is 5.96. The van der Waals surface area contributed by atoms with E-state index in [0.717, 1.165) is 16.9 Å². The summed E-state index contributed by atoms with van der Waals surface area (Å²) in [6.07, 6.45) is 0.174. The van der Waals surface area contributed by atoms with Gasteiger partial charge in [0.15, 0.2) is 0 Å². The first-order valence-corrected chi connectivity index (χ1v) is 11.0. The zero-order chi connectivity index (χ0) is 25.7. The van der Waals surface area contributed by atoms with Gasteiger partial charge in [-0.25, -0.2) is 18.9 Å². The van der Waals surface area contributed by atoms with Crippen molar-refractivity contribution in [2.75, 3.05) is 16.9 Å². The van der Waals surface area contributed by atoms with E-state index in [2.05, 4.69) is 0 Å². The normalized spacial score (nSPS) is 19.0. The largest absolute Gasteiger partial charge is 0.466 e. The van der Waals surface area contributed by atoms with Crippen molar-refractivity contribution in [2.45, 2.75) is 45.1 Å². The van der Waals surface area contributed by atoms with E-state index in [-0.39, 0.29) is 23.2 Å². The van der Waals surface area contributed by atoms with Crippen LogP contribution in [0.4, 0.5) is 20.6 Å². The molecule has 0 aromatic heterocycles. The van der Waals surface area contributed by atoms with Gasteiger partial charge in [0.05, 0.1) is 24.1 Å². The molecule has 1 spiro atoms. The molecule has 0 fully saturated rings. The molecule has 2 aromatic rings. The predicted molar refractivity (Wildman–Crippen MR) is 125 cm³/mol. The van der Waals surface area contributed by atoms with Crippen molar-refractivity contribution in [3.8, 4) is 0 Å². The maximum atomic E-state index is 14.4. The zero-order valence-electron chi connectivity index (χ0n) is 20.0. The molecule has 35 heavy (non-hydrogen) atoms. The van der Waals surface area contributed by atoms with Crippen LogP contribution >= 0.6 is 0 Å². The Kier molecular flexibility index (Phi) is 5.75. The minimum Gasteiger partial charge on any atom is -0.466 e. The topological polar surface area (TPSA) is 93.2 Å². The van der Waals surface area contributed by atoms with Gasteiger partial charge >= 0.3 is 12.1 Å². The fourth-order valence-electron chi connectivity index (χ4n) is 4.61. The van der Waals surface area contributed by atoms with E-state index >= 15 is 0 Å². The van der Waals surface area contributed by atoms with Gasteiger partial charge < -0.3 is 9.47 Å². The average Bonchev–Trinajstić information content (AvgIpc) is 2.92. The summed E-state index contributed by atoms with van der Waals surface area (Å²) in [5.41, 5.74) is -1.59. The molecule has 2 aromatic carbocycles. The number of fused-ring (bicyclic) bond motifs is 3. The molecule has 2 aliphatic heterocycles. The van der Waals surface area contributed by atoms with Crippen LogP contribution in [-0.2, 0) is 35.7 Å². The Hall–Kier alpha value is -4.01. The number of nitrogens with zero attached hydrogens (tertiary/aromatic N) is 2. The van der Waals surface area contributed by atoms with E-state index in [1.807, 2.05) is 0 Å². The van der Waals surface area contributed by atoms with Crippen LogP contribution in [0.1, 0.15) is 38.8 Å². The lowest BCUT2D eigenvalue weighted by molar-refractivity contribution is -0.139. The lowest BCUT2D eigenvalue weighted by Gasteiger charge is -2.29. The molecule has 2 aliphatic rings. The predicted octanol–water partition coefficient (Wildman–Crippen LogP) is 4.01. The molecule has 4 rings (SSSR count). The summed E-state index contributed by atoms with van der Waals surface area (Å²) in [6.45, 7) is 6.29. The van der Waals surface area contributed by atoms with Gasteiger partial charge in [0.25, 0.3) is 0 Å². The van der Waals surface area contributed by atoms with Gasteiger partial charge in [-0.05, 0) is 62.6 Å². The summed E-state index contributed by atoms with van der Waals surface area (Å²) in [5.74, 6) is -2.70. The highest BCUT2D eigenvalue weighted by Gasteiger charge is 2.58. The first-order chi connectivity index (χ1) is 16.4. The van der Waals surface area contributed by atoms with Crippen LogP contribution in [0.25, 0.3) is 0 Å². The molecule has 1 atom stereocenters. The Morgan fingerprint density at radius 2 is 1.74 bits per heavy atom. The first kappa shape index (κ1) is 24.1. The Labute approximate surface area is 201 Å². The number of amides is 3. The molecular weight excluding hydrogens is 455 g/mol. The van der Waals surface area contributed by atoms with Gasteiger partial charge in [0, 0.05) is 13.1 Å². The van der Waals surface area contributed by atoms with E-state index in [0.29, 0.717) is 11.3 Å². The summed E-state index contributed by atoms with van der Waals surface area (Å²) in [6, 6.07) is 10.3. The number of halogens is 1. The highest BCUT2D eigenvalue weighted by Crippen LogP contribution is 2.51. The fourth-order valence-corrected chi connectivity index (χ4v) is 4.61. The Morgan fingerprint density at radius 1 is 1.06 bits per heavy atom. The maximum Gasteiger partial charge on any atom is 0.418 e. The smallest absolute Gasteiger partial charge is 0.418 e. The summed E-state index contributed by atoms with van der Waals surface area (Å²) in [7, 11) is 1.15. The second-order valence-electron chi connectivity index (χ2n) is 9.42. The quantitative estimate of drug-likeness (QED) is 0.573. The summed E-state index contributed by atoms with van der Waals surface area (Å²) in [5, 5.41) is 0. The van der Waals surface area contributed by atoms with Gasteiger partial charge in [0.2, 0.25) is 11.8 Å². The second kappa shape index (κ2) is 8.33. The van der Waals surface area contributed by atoms with Crippen LogP contribution in [0.15, 0.2) is 54.2 Å². The molecule has 0 radical (unpaired) electrons. The van der Waals surface area contributed by atoms with Crippen molar-refractivity contribution in [1.29, 1.82) is 0 Å². The monoisotopic (exact) mass is 480 g/mol. The molecule has 8 nitrogen and oxygen atoms in total. The van der Waals surface area contributed by atoms with E-state index in [1.165, 1.54) is 31.3 Å². The zero-order valence-corrected chi connectivity index (χ0v) is 20.0. The van der Waals surface area contributed by atoms with Crippen molar-refractivity contribution < 1.29 is 33.0 Å². The Morgan fingerprint density at radius 3 is 2.37 bits per heavy atom. The van der Waals surface area contributed by atoms with Crippen molar-refractivity contribution in [1.82, 2.24) is 0 Å². The molecule has 9 heteroatoms. The SMILES string of the molecule is COC(=O)C1=CN(C(=O)OC(C)(C)C)c2ccc(F)cc2CC12C(=O)N(C(C)=O)c1ccccc12. The van der Waals surface area contributed by atoms with Crippen molar-refractivity contribution >= 4 is 35.3 Å². The van der Waals surface area contributed by atoms with E-state index in [4.69, 9.17) is 9.47 Å². The van der Waals surface area contributed by atoms with E-state index in [1.54, 1.807) is 45.0 Å². The number of esters is 1. The number of methoxy groups -OCH3 is 1. The maximum absolute atomic E-state index is 14.4. The summed E-state index contributed by atoms with van der Waals surface area (Å²) >= 11 is 0. The number of carbonyl (C=O) groups excluding carboxylic acids is 4.